The lowest BCUT2D eigenvalue weighted by Crippen LogP contribution is -2.25. The van der Waals surface area contributed by atoms with Crippen LogP contribution in [0.25, 0.3) is 0 Å². The molecule has 4 nitrogen and oxygen atoms in total. The Hall–Kier alpha value is -1.53. The van der Waals surface area contributed by atoms with E-state index in [2.05, 4.69) is 15.3 Å². The van der Waals surface area contributed by atoms with Gasteiger partial charge in [0.15, 0.2) is 0 Å². The number of anilines is 1. The van der Waals surface area contributed by atoms with E-state index >= 15 is 0 Å². The maximum atomic E-state index is 12.2. The minimum absolute atomic E-state index is 0.148. The van der Waals surface area contributed by atoms with Crippen molar-refractivity contribution in [3.63, 3.8) is 0 Å². The molecule has 0 spiro atoms. The molecule has 1 unspecified atom stereocenters. The molecule has 1 aromatic rings. The van der Waals surface area contributed by atoms with Gasteiger partial charge < -0.3 is 10.1 Å². The number of aryl methyl sites for hydroxylation is 1. The zero-order valence-corrected chi connectivity index (χ0v) is 10.5. The van der Waals surface area contributed by atoms with Crippen LogP contribution in [-0.4, -0.2) is 28.8 Å². The molecule has 0 saturated carbocycles. The minimum Gasteiger partial charge on any atom is -0.478 e. The molecular formula is C11H16F3N3O. The molecule has 7 heteroatoms. The van der Waals surface area contributed by atoms with E-state index in [1.807, 2.05) is 0 Å². The third kappa shape index (κ3) is 5.20. The van der Waals surface area contributed by atoms with Crippen molar-refractivity contribution in [2.75, 3.05) is 11.9 Å². The maximum Gasteiger partial charge on any atom is 0.391 e. The molecule has 0 amide bonds. The molecule has 1 aromatic heterocycles. The van der Waals surface area contributed by atoms with Crippen LogP contribution in [0.4, 0.5) is 19.1 Å². The molecule has 0 aliphatic heterocycles. The third-order valence-corrected chi connectivity index (χ3v) is 2.04. The molecule has 102 valence electrons. The zero-order chi connectivity index (χ0) is 13.8. The van der Waals surface area contributed by atoms with Crippen molar-refractivity contribution in [2.24, 2.45) is 0 Å². The number of aromatic nitrogens is 2. The average molecular weight is 263 g/mol. The van der Waals surface area contributed by atoms with Crippen LogP contribution in [0.5, 0.6) is 5.88 Å². The third-order valence-electron chi connectivity index (χ3n) is 2.04. The molecule has 1 N–H and O–H groups in total. The summed E-state index contributed by atoms with van der Waals surface area (Å²) < 4.78 is 41.7. The molecule has 0 bridgehead atoms. The fraction of sp³-hybridized carbons (Fsp3) is 0.636. The molecule has 1 atom stereocenters. The van der Waals surface area contributed by atoms with Crippen LogP contribution < -0.4 is 10.1 Å². The van der Waals surface area contributed by atoms with Gasteiger partial charge in [-0.3, -0.25) is 0 Å². The first-order chi connectivity index (χ1) is 8.30. The quantitative estimate of drug-likeness (QED) is 0.887. The second-order valence-corrected chi connectivity index (χ2v) is 3.97. The maximum absolute atomic E-state index is 12.2. The van der Waals surface area contributed by atoms with Gasteiger partial charge in [0.2, 0.25) is 11.8 Å². The summed E-state index contributed by atoms with van der Waals surface area (Å²) in [6, 6.07) is 0.838. The smallest absolute Gasteiger partial charge is 0.391 e. The Morgan fingerprint density at radius 2 is 2.06 bits per heavy atom. The first-order valence-corrected chi connectivity index (χ1v) is 5.62. The van der Waals surface area contributed by atoms with Gasteiger partial charge in [-0.05, 0) is 20.8 Å². The Morgan fingerprint density at radius 1 is 1.39 bits per heavy atom. The summed E-state index contributed by atoms with van der Waals surface area (Å²) in [6.45, 7) is 5.40. The SMILES string of the molecule is CCOc1cc(C)nc(NC(C)CC(F)(F)F)n1. The number of nitrogens with one attached hydrogen (secondary N) is 1. The Kier molecular flexibility index (Phi) is 4.75. The van der Waals surface area contributed by atoms with E-state index in [1.165, 1.54) is 6.92 Å². The van der Waals surface area contributed by atoms with Crippen molar-refractivity contribution < 1.29 is 17.9 Å². The highest BCUT2D eigenvalue weighted by Gasteiger charge is 2.30. The number of hydrogen-bond acceptors (Lipinski definition) is 4. The van der Waals surface area contributed by atoms with E-state index in [-0.39, 0.29) is 5.95 Å². The monoisotopic (exact) mass is 263 g/mol. The van der Waals surface area contributed by atoms with Crippen LogP contribution in [0, 0.1) is 6.92 Å². The van der Waals surface area contributed by atoms with Crippen molar-refractivity contribution in [1.82, 2.24) is 9.97 Å². The van der Waals surface area contributed by atoms with Crippen LogP contribution in [-0.2, 0) is 0 Å². The van der Waals surface area contributed by atoms with E-state index in [1.54, 1.807) is 19.9 Å². The van der Waals surface area contributed by atoms with E-state index in [0.717, 1.165) is 0 Å². The van der Waals surface area contributed by atoms with Crippen LogP contribution >= 0.6 is 0 Å². The minimum atomic E-state index is -4.21. The van der Waals surface area contributed by atoms with Gasteiger partial charge in [-0.1, -0.05) is 0 Å². The topological polar surface area (TPSA) is 47.0 Å². The molecule has 0 aliphatic rings. The molecule has 18 heavy (non-hydrogen) atoms. The van der Waals surface area contributed by atoms with Crippen molar-refractivity contribution >= 4 is 5.95 Å². The Balaban J connectivity index is 2.71. The van der Waals surface area contributed by atoms with Crippen LogP contribution in [0.1, 0.15) is 26.0 Å². The van der Waals surface area contributed by atoms with E-state index in [0.29, 0.717) is 18.2 Å². The molecular weight excluding hydrogens is 247 g/mol. The van der Waals surface area contributed by atoms with Gasteiger partial charge in [-0.25, -0.2) is 4.98 Å². The molecule has 0 saturated heterocycles. The predicted molar refractivity (Wildman–Crippen MR) is 61.7 cm³/mol. The molecule has 0 aliphatic carbocycles. The fourth-order valence-corrected chi connectivity index (χ4v) is 1.44. The summed E-state index contributed by atoms with van der Waals surface area (Å²) in [6.07, 6.45) is -5.15. The second kappa shape index (κ2) is 5.88. The number of rotatable bonds is 5. The highest BCUT2D eigenvalue weighted by Crippen LogP contribution is 2.23. The van der Waals surface area contributed by atoms with Crippen molar-refractivity contribution in [2.45, 2.75) is 39.4 Å². The largest absolute Gasteiger partial charge is 0.478 e. The predicted octanol–water partition coefficient (Wildman–Crippen LogP) is 2.94. The van der Waals surface area contributed by atoms with Crippen LogP contribution in [0.15, 0.2) is 6.07 Å². The number of ether oxygens (including phenoxy) is 1. The zero-order valence-electron chi connectivity index (χ0n) is 10.5. The number of nitrogens with zero attached hydrogens (tertiary/aromatic N) is 2. The van der Waals surface area contributed by atoms with Crippen molar-refractivity contribution in [3.05, 3.63) is 11.8 Å². The van der Waals surface area contributed by atoms with Crippen molar-refractivity contribution in [3.8, 4) is 5.88 Å². The fourth-order valence-electron chi connectivity index (χ4n) is 1.44. The molecule has 0 fully saturated rings. The number of hydrogen-bond donors (Lipinski definition) is 1. The van der Waals surface area contributed by atoms with Gasteiger partial charge in [-0.15, -0.1) is 0 Å². The lowest BCUT2D eigenvalue weighted by atomic mass is 10.2. The van der Waals surface area contributed by atoms with Crippen molar-refractivity contribution in [1.29, 1.82) is 0 Å². The summed E-state index contributed by atoms with van der Waals surface area (Å²) in [5.41, 5.74) is 0.634. The normalized spacial score (nSPS) is 13.2. The lowest BCUT2D eigenvalue weighted by Gasteiger charge is -2.16. The summed E-state index contributed by atoms with van der Waals surface area (Å²) in [4.78, 5) is 8.00. The standard InChI is InChI=1S/C11H16F3N3O/c1-4-18-9-5-7(2)15-10(17-9)16-8(3)6-11(12,13)14/h5,8H,4,6H2,1-3H3,(H,15,16,17). The molecule has 0 aromatic carbocycles. The Labute approximate surface area is 104 Å². The Bertz CT molecular complexity index is 396. The summed E-state index contributed by atoms with van der Waals surface area (Å²) in [7, 11) is 0. The van der Waals surface area contributed by atoms with Gasteiger partial charge in [0, 0.05) is 17.8 Å². The van der Waals surface area contributed by atoms with Crippen LogP contribution in [0.2, 0.25) is 0 Å². The highest BCUT2D eigenvalue weighted by molar-refractivity contribution is 5.31. The van der Waals surface area contributed by atoms with Crippen LogP contribution in [0.3, 0.4) is 0 Å². The molecule has 1 heterocycles. The first-order valence-electron chi connectivity index (χ1n) is 5.62. The van der Waals surface area contributed by atoms with E-state index in [9.17, 15) is 13.2 Å². The van der Waals surface area contributed by atoms with Gasteiger partial charge in [0.25, 0.3) is 0 Å². The Morgan fingerprint density at radius 3 is 2.61 bits per heavy atom. The first kappa shape index (κ1) is 14.5. The molecule has 1 rings (SSSR count). The van der Waals surface area contributed by atoms with E-state index < -0.39 is 18.6 Å². The number of halogens is 3. The van der Waals surface area contributed by atoms with Gasteiger partial charge in [-0.2, -0.15) is 18.2 Å². The summed E-state index contributed by atoms with van der Waals surface area (Å²) in [5.74, 6) is 0.502. The highest BCUT2D eigenvalue weighted by atomic mass is 19.4. The molecule has 0 radical (unpaired) electrons. The average Bonchev–Trinajstić information content (AvgIpc) is 2.12. The number of alkyl halides is 3. The summed E-state index contributed by atoms with van der Waals surface area (Å²) >= 11 is 0. The summed E-state index contributed by atoms with van der Waals surface area (Å²) in [5, 5.41) is 2.62. The lowest BCUT2D eigenvalue weighted by molar-refractivity contribution is -0.136. The van der Waals surface area contributed by atoms with Gasteiger partial charge >= 0.3 is 6.18 Å². The second-order valence-electron chi connectivity index (χ2n) is 3.97. The van der Waals surface area contributed by atoms with Gasteiger partial charge in [0.1, 0.15) is 0 Å². The van der Waals surface area contributed by atoms with E-state index in [4.69, 9.17) is 4.74 Å². The van der Waals surface area contributed by atoms with Gasteiger partial charge in [0.05, 0.1) is 13.0 Å².